The van der Waals surface area contributed by atoms with Gasteiger partial charge in [0.1, 0.15) is 5.03 Å². The van der Waals surface area contributed by atoms with Gasteiger partial charge in [-0.3, -0.25) is 4.57 Å². The van der Waals surface area contributed by atoms with E-state index in [0.29, 0.717) is 6.54 Å². The van der Waals surface area contributed by atoms with Crippen molar-refractivity contribution in [2.24, 2.45) is 0 Å². The summed E-state index contributed by atoms with van der Waals surface area (Å²) in [5.41, 5.74) is 3.15. The largest absolute Gasteiger partial charge is 0.395 e. The highest BCUT2D eigenvalue weighted by Gasteiger charge is 2.20. The van der Waals surface area contributed by atoms with Gasteiger partial charge in [0.2, 0.25) is 0 Å². The minimum absolute atomic E-state index is 0.0364. The Morgan fingerprint density at radius 2 is 1.96 bits per heavy atom. The van der Waals surface area contributed by atoms with Crippen molar-refractivity contribution in [2.75, 3.05) is 6.61 Å². The van der Waals surface area contributed by atoms with Crippen LogP contribution in [0.3, 0.4) is 0 Å². The number of aliphatic hydroxyl groups is 1. The Bertz CT molecular complexity index is 743. The van der Waals surface area contributed by atoms with Crippen LogP contribution in [0.5, 0.6) is 0 Å². The van der Waals surface area contributed by atoms with E-state index in [-0.39, 0.29) is 12.3 Å². The number of hydrogen-bond acceptors (Lipinski definition) is 4. The Balaban J connectivity index is 1.88. The molecule has 1 N–H and O–H groups in total. The molecule has 0 spiro atoms. The molecule has 3 rings (SSSR count). The van der Waals surface area contributed by atoms with Crippen molar-refractivity contribution in [1.82, 2.24) is 9.55 Å². The highest BCUT2D eigenvalue weighted by Crippen LogP contribution is 2.30. The van der Waals surface area contributed by atoms with Crippen molar-refractivity contribution in [3.8, 4) is 0 Å². The minimum atomic E-state index is -0.252. The predicted molar refractivity (Wildman–Crippen MR) is 93.2 cm³/mol. The Hall–Kier alpha value is -1.30. The first kappa shape index (κ1) is 16.6. The lowest BCUT2D eigenvalue weighted by molar-refractivity contribution is 0.269. The van der Waals surface area contributed by atoms with E-state index in [9.17, 15) is 9.90 Å². The smallest absolute Gasteiger partial charge is 0.348 e. The Labute approximate surface area is 144 Å². The average molecular weight is 351 g/mol. The number of benzene rings is 1. The third-order valence-corrected chi connectivity index (χ3v) is 5.40. The molecular weight excluding hydrogens is 332 g/mol. The van der Waals surface area contributed by atoms with Gasteiger partial charge in [-0.25, -0.2) is 4.79 Å². The molecule has 1 aromatic heterocycles. The van der Waals surface area contributed by atoms with Gasteiger partial charge in [0.15, 0.2) is 0 Å². The van der Waals surface area contributed by atoms with E-state index in [1.54, 1.807) is 16.3 Å². The Morgan fingerprint density at radius 3 is 2.70 bits per heavy atom. The molecule has 0 amide bonds. The van der Waals surface area contributed by atoms with E-state index in [2.05, 4.69) is 4.98 Å². The van der Waals surface area contributed by atoms with Crippen molar-refractivity contribution >= 4 is 23.4 Å². The van der Waals surface area contributed by atoms with Crippen LogP contribution in [0.15, 0.2) is 34.1 Å². The van der Waals surface area contributed by atoms with E-state index in [1.165, 1.54) is 5.56 Å². The third-order valence-electron chi connectivity index (χ3n) is 4.06. The van der Waals surface area contributed by atoms with Crippen molar-refractivity contribution in [2.45, 2.75) is 43.0 Å². The summed E-state index contributed by atoms with van der Waals surface area (Å²) < 4.78 is 1.64. The molecule has 0 radical (unpaired) electrons. The number of aliphatic hydroxyl groups excluding tert-OH is 1. The topological polar surface area (TPSA) is 55.1 Å². The van der Waals surface area contributed by atoms with Gasteiger partial charge in [0, 0.05) is 22.0 Å². The second-order valence-electron chi connectivity index (χ2n) is 5.62. The van der Waals surface area contributed by atoms with Crippen LogP contribution in [-0.2, 0) is 25.1 Å². The molecule has 6 heteroatoms. The maximum Gasteiger partial charge on any atom is 0.348 e. The predicted octanol–water partition coefficient (Wildman–Crippen LogP) is 3.06. The van der Waals surface area contributed by atoms with Gasteiger partial charge in [0.05, 0.1) is 13.2 Å². The van der Waals surface area contributed by atoms with Crippen LogP contribution in [0.1, 0.15) is 29.7 Å². The second-order valence-corrected chi connectivity index (χ2v) is 7.02. The molecule has 1 aliphatic rings. The summed E-state index contributed by atoms with van der Waals surface area (Å²) in [4.78, 5) is 16.5. The van der Waals surface area contributed by atoms with Gasteiger partial charge in [-0.15, -0.1) is 11.8 Å². The zero-order valence-corrected chi connectivity index (χ0v) is 14.4. The van der Waals surface area contributed by atoms with Crippen LogP contribution >= 0.6 is 23.4 Å². The number of nitrogens with zero attached hydrogens (tertiary/aromatic N) is 2. The third kappa shape index (κ3) is 3.79. The zero-order chi connectivity index (χ0) is 16.2. The fraction of sp³-hybridized carbons (Fsp3) is 0.412. The molecular formula is C17H19ClN2O2S. The van der Waals surface area contributed by atoms with Gasteiger partial charge in [0.25, 0.3) is 0 Å². The molecule has 0 saturated carbocycles. The quantitative estimate of drug-likeness (QED) is 0.665. The van der Waals surface area contributed by atoms with E-state index in [0.717, 1.165) is 52.7 Å². The molecule has 0 aliphatic heterocycles. The molecule has 0 saturated heterocycles. The maximum atomic E-state index is 12.3. The van der Waals surface area contributed by atoms with Gasteiger partial charge < -0.3 is 5.11 Å². The van der Waals surface area contributed by atoms with Crippen LogP contribution < -0.4 is 5.69 Å². The van der Waals surface area contributed by atoms with Crippen molar-refractivity contribution in [3.05, 3.63) is 56.6 Å². The number of halogens is 1. The van der Waals surface area contributed by atoms with Crippen LogP contribution in [-0.4, -0.2) is 21.3 Å². The summed E-state index contributed by atoms with van der Waals surface area (Å²) in [5, 5.41) is 10.8. The lowest BCUT2D eigenvalue weighted by Gasteiger charge is -2.22. The van der Waals surface area contributed by atoms with E-state index < -0.39 is 0 Å². The SMILES string of the molecule is O=c1nc(SCc2ccc(Cl)cc2)c2c(n1CCO)CCCC2. The summed E-state index contributed by atoms with van der Waals surface area (Å²) in [7, 11) is 0. The standard InChI is InChI=1S/C17H19ClN2O2S/c18-13-7-5-12(6-8-13)11-23-16-14-3-1-2-4-15(14)20(9-10-21)17(22)19-16/h5-8,21H,1-4,9-11H2. The number of rotatable bonds is 5. The Morgan fingerprint density at radius 1 is 1.22 bits per heavy atom. The van der Waals surface area contributed by atoms with Gasteiger partial charge in [-0.1, -0.05) is 23.7 Å². The first-order valence-electron chi connectivity index (χ1n) is 7.79. The fourth-order valence-electron chi connectivity index (χ4n) is 2.93. The molecule has 122 valence electrons. The molecule has 4 nitrogen and oxygen atoms in total. The first-order chi connectivity index (χ1) is 11.2. The monoisotopic (exact) mass is 350 g/mol. The van der Waals surface area contributed by atoms with Crippen LogP contribution in [0.2, 0.25) is 5.02 Å². The molecule has 0 unspecified atom stereocenters. The van der Waals surface area contributed by atoms with E-state index in [4.69, 9.17) is 11.6 Å². The molecule has 1 aromatic carbocycles. The summed E-state index contributed by atoms with van der Waals surface area (Å²) >= 11 is 7.51. The molecule has 1 heterocycles. The normalized spacial score (nSPS) is 13.8. The molecule has 2 aromatic rings. The maximum absolute atomic E-state index is 12.3. The molecule has 0 fully saturated rings. The molecule has 23 heavy (non-hydrogen) atoms. The van der Waals surface area contributed by atoms with Crippen molar-refractivity contribution in [1.29, 1.82) is 0 Å². The summed E-state index contributed by atoms with van der Waals surface area (Å²) in [5.74, 6) is 0.764. The molecule has 0 bridgehead atoms. The van der Waals surface area contributed by atoms with Crippen LogP contribution in [0.25, 0.3) is 0 Å². The summed E-state index contributed by atoms with van der Waals surface area (Å²) in [6, 6.07) is 7.74. The Kier molecular flexibility index (Phi) is 5.41. The van der Waals surface area contributed by atoms with Crippen molar-refractivity contribution in [3.63, 3.8) is 0 Å². The molecule has 0 atom stereocenters. The van der Waals surface area contributed by atoms with E-state index >= 15 is 0 Å². The second kappa shape index (κ2) is 7.51. The molecule has 1 aliphatic carbocycles. The van der Waals surface area contributed by atoms with Crippen molar-refractivity contribution < 1.29 is 5.11 Å². The number of hydrogen-bond donors (Lipinski definition) is 1. The average Bonchev–Trinajstić information content (AvgIpc) is 2.57. The number of aromatic nitrogens is 2. The lowest BCUT2D eigenvalue weighted by atomic mass is 9.97. The highest BCUT2D eigenvalue weighted by atomic mass is 35.5. The van der Waals surface area contributed by atoms with Gasteiger partial charge in [-0.05, 0) is 43.4 Å². The lowest BCUT2D eigenvalue weighted by Crippen LogP contribution is -2.31. The number of thioether (sulfide) groups is 1. The minimum Gasteiger partial charge on any atom is -0.395 e. The summed E-state index contributed by atoms with van der Waals surface area (Å²) in [6.07, 6.45) is 4.06. The zero-order valence-electron chi connectivity index (χ0n) is 12.8. The van der Waals surface area contributed by atoms with Gasteiger partial charge in [-0.2, -0.15) is 4.98 Å². The summed E-state index contributed by atoms with van der Waals surface area (Å²) in [6.45, 7) is 0.293. The van der Waals surface area contributed by atoms with Crippen LogP contribution in [0.4, 0.5) is 0 Å². The fourth-order valence-corrected chi connectivity index (χ4v) is 4.09. The van der Waals surface area contributed by atoms with Crippen LogP contribution in [0, 0.1) is 0 Å². The van der Waals surface area contributed by atoms with Gasteiger partial charge >= 0.3 is 5.69 Å². The highest BCUT2D eigenvalue weighted by molar-refractivity contribution is 7.98. The number of fused-ring (bicyclic) bond motifs is 1. The first-order valence-corrected chi connectivity index (χ1v) is 9.16. The van der Waals surface area contributed by atoms with E-state index in [1.807, 2.05) is 24.3 Å².